The largest absolute Gasteiger partial charge is 0.493 e. The molecular weight excluding hydrogens is 564 g/mol. The van der Waals surface area contributed by atoms with Gasteiger partial charge in [0.15, 0.2) is 0 Å². The monoisotopic (exact) mass is 606 g/mol. The van der Waals surface area contributed by atoms with Gasteiger partial charge in [0.25, 0.3) is 0 Å². The highest BCUT2D eigenvalue weighted by Crippen LogP contribution is 2.28. The van der Waals surface area contributed by atoms with E-state index in [0.29, 0.717) is 52.9 Å². The molecule has 4 aromatic carbocycles. The molecule has 44 heavy (non-hydrogen) atoms. The van der Waals surface area contributed by atoms with E-state index in [1.54, 1.807) is 48.5 Å². The van der Waals surface area contributed by atoms with E-state index in [1.165, 1.54) is 62.1 Å². The van der Waals surface area contributed by atoms with Gasteiger partial charge in [0.2, 0.25) is 0 Å². The molecule has 0 bridgehead atoms. The Kier molecular flexibility index (Phi) is 13.2. The van der Waals surface area contributed by atoms with Gasteiger partial charge in [-0.2, -0.15) is 0 Å². The molecule has 234 valence electrons. The second-order valence-electron chi connectivity index (χ2n) is 11.5. The van der Waals surface area contributed by atoms with E-state index in [4.69, 9.17) is 9.47 Å². The van der Waals surface area contributed by atoms with Crippen molar-refractivity contribution in [3.05, 3.63) is 108 Å². The van der Waals surface area contributed by atoms with Crippen LogP contribution in [0.2, 0.25) is 0 Å². The third-order valence-electron chi connectivity index (χ3n) is 7.91. The van der Waals surface area contributed by atoms with Gasteiger partial charge in [-0.15, -0.1) is 0 Å². The van der Waals surface area contributed by atoms with Crippen molar-refractivity contribution >= 4 is 0 Å². The first-order valence-corrected chi connectivity index (χ1v) is 15.8. The van der Waals surface area contributed by atoms with Crippen LogP contribution in [0.3, 0.4) is 0 Å². The van der Waals surface area contributed by atoms with Crippen LogP contribution in [-0.2, 0) is 0 Å². The van der Waals surface area contributed by atoms with Gasteiger partial charge in [0.1, 0.15) is 34.8 Å². The number of ether oxygens (including phenoxy) is 2. The van der Waals surface area contributed by atoms with Crippen LogP contribution in [0.4, 0.5) is 17.6 Å². The quantitative estimate of drug-likeness (QED) is 0.0829. The molecule has 0 spiro atoms. The van der Waals surface area contributed by atoms with Gasteiger partial charge in [-0.25, -0.2) is 17.6 Å². The molecule has 0 atom stereocenters. The van der Waals surface area contributed by atoms with Crippen LogP contribution in [0, 0.1) is 29.2 Å². The smallest absolute Gasteiger partial charge is 0.134 e. The molecule has 6 heteroatoms. The standard InChI is InChI=1S/C38H42F4O2/c1-28(10-6-2-4-8-24-43-33-20-22-35(37(41)26-33)29-12-16-31(39)17-13-29)11-7-3-5-9-25-44-34-21-23-36(38(42)27-34)30-14-18-32(40)19-15-30/h12-23,26-28H,2-11,24-25H2,1H3. The van der Waals surface area contributed by atoms with Crippen molar-refractivity contribution in [2.24, 2.45) is 5.92 Å². The van der Waals surface area contributed by atoms with Crippen LogP contribution in [0.25, 0.3) is 22.3 Å². The van der Waals surface area contributed by atoms with E-state index >= 15 is 0 Å². The van der Waals surface area contributed by atoms with Gasteiger partial charge in [-0.3, -0.25) is 0 Å². The Morgan fingerprint density at radius 3 is 1.25 bits per heavy atom. The average molecular weight is 607 g/mol. The van der Waals surface area contributed by atoms with Gasteiger partial charge >= 0.3 is 0 Å². The number of hydrogen-bond acceptors (Lipinski definition) is 2. The molecule has 0 fully saturated rings. The number of unbranched alkanes of at least 4 members (excludes halogenated alkanes) is 6. The summed E-state index contributed by atoms with van der Waals surface area (Å²) in [6.45, 7) is 3.44. The molecule has 0 aliphatic heterocycles. The highest BCUT2D eigenvalue weighted by molar-refractivity contribution is 5.65. The van der Waals surface area contributed by atoms with E-state index < -0.39 is 0 Å². The first-order chi connectivity index (χ1) is 21.4. The fourth-order valence-corrected chi connectivity index (χ4v) is 5.32. The molecule has 0 N–H and O–H groups in total. The van der Waals surface area contributed by atoms with Crippen LogP contribution in [0.1, 0.15) is 71.1 Å². The maximum absolute atomic E-state index is 14.5. The maximum atomic E-state index is 14.5. The molecule has 0 aromatic heterocycles. The number of benzene rings is 4. The summed E-state index contributed by atoms with van der Waals surface area (Å²) in [4.78, 5) is 0. The van der Waals surface area contributed by atoms with Crippen molar-refractivity contribution in [1.82, 2.24) is 0 Å². The molecule has 0 saturated carbocycles. The Labute approximate surface area is 259 Å². The second-order valence-corrected chi connectivity index (χ2v) is 11.5. The minimum absolute atomic E-state index is 0.344. The Hall–Kier alpha value is -3.80. The Balaban J connectivity index is 0.986. The summed E-state index contributed by atoms with van der Waals surface area (Å²) < 4.78 is 66.7. The summed E-state index contributed by atoms with van der Waals surface area (Å²) in [6.07, 6.45) is 11.2. The number of halogens is 4. The normalized spacial score (nSPS) is 11.2. The lowest BCUT2D eigenvalue weighted by Crippen LogP contribution is -2.00. The summed E-state index contributed by atoms with van der Waals surface area (Å²) >= 11 is 0. The molecule has 4 aromatic rings. The first-order valence-electron chi connectivity index (χ1n) is 15.8. The predicted octanol–water partition coefficient (Wildman–Crippen LogP) is 11.6. The summed E-state index contributed by atoms with van der Waals surface area (Å²) in [5.41, 5.74) is 2.14. The van der Waals surface area contributed by atoms with Crippen molar-refractivity contribution in [2.45, 2.75) is 71.1 Å². The van der Waals surface area contributed by atoms with Crippen LogP contribution in [-0.4, -0.2) is 13.2 Å². The highest BCUT2D eigenvalue weighted by Gasteiger charge is 2.09. The first kappa shape index (κ1) is 33.1. The summed E-state index contributed by atoms with van der Waals surface area (Å²) in [5.74, 6) is 0.289. The SMILES string of the molecule is CC(CCCCCCOc1ccc(-c2ccc(F)cc2)c(F)c1)CCCCCCOc1ccc(-c2ccc(F)cc2)c(F)c1. The lowest BCUT2D eigenvalue weighted by Gasteiger charge is -2.12. The van der Waals surface area contributed by atoms with Gasteiger partial charge in [-0.05, 0) is 78.4 Å². The third kappa shape index (κ3) is 10.7. The molecule has 0 amide bonds. The topological polar surface area (TPSA) is 18.5 Å². The summed E-state index contributed by atoms with van der Waals surface area (Å²) in [5, 5.41) is 0. The van der Waals surface area contributed by atoms with Crippen molar-refractivity contribution < 1.29 is 27.0 Å². The fraction of sp³-hybridized carbons (Fsp3) is 0.368. The van der Waals surface area contributed by atoms with Crippen molar-refractivity contribution in [3.8, 4) is 33.8 Å². The summed E-state index contributed by atoms with van der Waals surface area (Å²) in [7, 11) is 0. The molecule has 0 aliphatic rings. The lowest BCUT2D eigenvalue weighted by atomic mass is 9.96. The molecule has 4 rings (SSSR count). The zero-order chi connectivity index (χ0) is 31.1. The molecular formula is C38H42F4O2. The maximum Gasteiger partial charge on any atom is 0.134 e. The summed E-state index contributed by atoms with van der Waals surface area (Å²) in [6, 6.07) is 21.2. The highest BCUT2D eigenvalue weighted by atomic mass is 19.1. The number of hydrogen-bond donors (Lipinski definition) is 0. The van der Waals surface area contributed by atoms with E-state index in [1.807, 2.05) is 0 Å². The minimum Gasteiger partial charge on any atom is -0.493 e. The van der Waals surface area contributed by atoms with E-state index in [-0.39, 0.29) is 23.3 Å². The molecule has 2 nitrogen and oxygen atoms in total. The molecule has 0 radical (unpaired) electrons. The molecule has 0 saturated heterocycles. The van der Waals surface area contributed by atoms with Crippen LogP contribution < -0.4 is 9.47 Å². The van der Waals surface area contributed by atoms with Crippen molar-refractivity contribution in [1.29, 1.82) is 0 Å². The number of rotatable bonds is 18. The minimum atomic E-state index is -0.376. The van der Waals surface area contributed by atoms with E-state index in [2.05, 4.69) is 6.92 Å². The van der Waals surface area contributed by atoms with Crippen molar-refractivity contribution in [2.75, 3.05) is 13.2 Å². The zero-order valence-corrected chi connectivity index (χ0v) is 25.5. The predicted molar refractivity (Wildman–Crippen MR) is 170 cm³/mol. The Morgan fingerprint density at radius 2 is 0.864 bits per heavy atom. The van der Waals surface area contributed by atoms with Gasteiger partial charge in [0, 0.05) is 23.3 Å². The van der Waals surface area contributed by atoms with Gasteiger partial charge in [0.05, 0.1) is 13.2 Å². The van der Waals surface area contributed by atoms with Crippen LogP contribution in [0.15, 0.2) is 84.9 Å². The Bertz CT molecular complexity index is 1310. The van der Waals surface area contributed by atoms with Crippen LogP contribution in [0.5, 0.6) is 11.5 Å². The third-order valence-corrected chi connectivity index (χ3v) is 7.91. The fourth-order valence-electron chi connectivity index (χ4n) is 5.32. The molecule has 0 aliphatic carbocycles. The Morgan fingerprint density at radius 1 is 0.477 bits per heavy atom. The lowest BCUT2D eigenvalue weighted by molar-refractivity contribution is 0.300. The van der Waals surface area contributed by atoms with Crippen molar-refractivity contribution in [3.63, 3.8) is 0 Å². The van der Waals surface area contributed by atoms with Crippen LogP contribution >= 0.6 is 0 Å². The molecule has 0 heterocycles. The van der Waals surface area contributed by atoms with E-state index in [0.717, 1.165) is 38.5 Å². The van der Waals surface area contributed by atoms with Gasteiger partial charge in [-0.1, -0.05) is 82.6 Å². The average Bonchev–Trinajstić information content (AvgIpc) is 3.01. The van der Waals surface area contributed by atoms with E-state index in [9.17, 15) is 17.6 Å². The molecule has 0 unspecified atom stereocenters. The van der Waals surface area contributed by atoms with Gasteiger partial charge < -0.3 is 9.47 Å². The zero-order valence-electron chi connectivity index (χ0n) is 25.5. The second kappa shape index (κ2) is 17.5.